The number of benzene rings is 1. The van der Waals surface area contributed by atoms with Crippen molar-refractivity contribution in [3.63, 3.8) is 0 Å². The molecule has 4 N–H and O–H groups in total. The first-order valence-electron chi connectivity index (χ1n) is 12.6. The van der Waals surface area contributed by atoms with Crippen molar-refractivity contribution < 1.29 is 18.0 Å². The summed E-state index contributed by atoms with van der Waals surface area (Å²) in [4.78, 5) is 17.8. The lowest BCUT2D eigenvalue weighted by Crippen LogP contribution is -2.27. The zero-order valence-corrected chi connectivity index (χ0v) is 21.6. The first-order valence-corrected chi connectivity index (χ1v) is 12.6. The molecule has 10 heteroatoms. The van der Waals surface area contributed by atoms with E-state index in [9.17, 15) is 18.0 Å². The molecule has 0 bridgehead atoms. The van der Waals surface area contributed by atoms with Crippen molar-refractivity contribution >= 4 is 5.91 Å². The van der Waals surface area contributed by atoms with E-state index in [0.717, 1.165) is 23.0 Å². The third-order valence-corrected chi connectivity index (χ3v) is 6.23. The van der Waals surface area contributed by atoms with Gasteiger partial charge in [-0.05, 0) is 79.8 Å². The Bertz CT molecular complexity index is 1370. The molecule has 1 aliphatic carbocycles. The average Bonchev–Trinajstić information content (AvgIpc) is 3.62. The van der Waals surface area contributed by atoms with Crippen LogP contribution in [0, 0.1) is 5.92 Å². The van der Waals surface area contributed by atoms with Gasteiger partial charge < -0.3 is 16.4 Å². The van der Waals surface area contributed by atoms with Crippen LogP contribution < -0.4 is 16.4 Å². The van der Waals surface area contributed by atoms with E-state index in [1.54, 1.807) is 55.6 Å². The standard InChI is InChI=1S/C29H31F3N6O/c1-3-7-22(14-19(2)27(35-18-20-11-12-20)24-10-4-5-13-34-24)36-28(39)25-16-26(29(30,31)32)37-38(25)23-9-6-8-21(15-23)17-33/h3-10,13-16,20,27,35H,2,11-12,17-18,33H2,1H3,(H,36,39)/b7-3-,22-14+. The van der Waals surface area contributed by atoms with Gasteiger partial charge in [-0.2, -0.15) is 18.3 Å². The number of amides is 1. The van der Waals surface area contributed by atoms with E-state index in [-0.39, 0.29) is 18.3 Å². The van der Waals surface area contributed by atoms with Gasteiger partial charge in [0, 0.05) is 24.5 Å². The van der Waals surface area contributed by atoms with Crippen LogP contribution in [0.3, 0.4) is 0 Å². The lowest BCUT2D eigenvalue weighted by Gasteiger charge is -2.20. The third kappa shape index (κ3) is 7.30. The predicted molar refractivity (Wildman–Crippen MR) is 144 cm³/mol. The summed E-state index contributed by atoms with van der Waals surface area (Å²) in [7, 11) is 0. The van der Waals surface area contributed by atoms with Gasteiger partial charge >= 0.3 is 6.18 Å². The quantitative estimate of drug-likeness (QED) is 0.292. The minimum atomic E-state index is -4.73. The SMILES string of the molecule is C=C(/C=C(\C=C/C)NC(=O)c1cc(C(F)(F)F)nn1-c1cccc(CN)c1)C(NCC1CC1)c1ccccn1. The summed E-state index contributed by atoms with van der Waals surface area (Å²) in [6, 6.07) is 12.6. The predicted octanol–water partition coefficient (Wildman–Crippen LogP) is 5.23. The fraction of sp³-hybridized carbons (Fsp3) is 0.276. The zero-order chi connectivity index (χ0) is 28.0. The number of halogens is 3. The minimum Gasteiger partial charge on any atom is -0.326 e. The molecular formula is C29H31F3N6O. The number of hydrogen-bond donors (Lipinski definition) is 3. The summed E-state index contributed by atoms with van der Waals surface area (Å²) in [5.41, 5.74) is 7.01. The van der Waals surface area contributed by atoms with Gasteiger partial charge in [-0.3, -0.25) is 9.78 Å². The van der Waals surface area contributed by atoms with Crippen molar-refractivity contribution in [1.82, 2.24) is 25.4 Å². The van der Waals surface area contributed by atoms with Crippen LogP contribution in [0.25, 0.3) is 5.69 Å². The van der Waals surface area contributed by atoms with Crippen molar-refractivity contribution in [2.24, 2.45) is 11.7 Å². The van der Waals surface area contributed by atoms with Crippen LogP contribution >= 0.6 is 0 Å². The van der Waals surface area contributed by atoms with Gasteiger partial charge in [0.15, 0.2) is 5.69 Å². The van der Waals surface area contributed by atoms with E-state index in [1.807, 2.05) is 18.2 Å². The third-order valence-electron chi connectivity index (χ3n) is 6.23. The Kier molecular flexibility index (Phi) is 8.78. The van der Waals surface area contributed by atoms with Crippen LogP contribution in [0.1, 0.15) is 53.2 Å². The van der Waals surface area contributed by atoms with Gasteiger partial charge in [-0.25, -0.2) is 4.68 Å². The molecule has 0 radical (unpaired) electrons. The van der Waals surface area contributed by atoms with Crippen LogP contribution in [0.2, 0.25) is 0 Å². The van der Waals surface area contributed by atoms with Crippen molar-refractivity contribution in [3.05, 3.63) is 113 Å². The topological polar surface area (TPSA) is 97.9 Å². The van der Waals surface area contributed by atoms with Gasteiger partial charge in [0.05, 0.1) is 17.4 Å². The summed E-state index contributed by atoms with van der Waals surface area (Å²) in [6.07, 6.45) is 4.38. The molecule has 4 rings (SSSR count). The molecule has 204 valence electrons. The molecule has 2 aromatic heterocycles. The fourth-order valence-electron chi connectivity index (χ4n) is 4.06. The molecular weight excluding hydrogens is 505 g/mol. The summed E-state index contributed by atoms with van der Waals surface area (Å²) >= 11 is 0. The lowest BCUT2D eigenvalue weighted by atomic mass is 10.0. The monoisotopic (exact) mass is 536 g/mol. The number of nitrogens with one attached hydrogen (secondary N) is 2. The van der Waals surface area contributed by atoms with E-state index < -0.39 is 17.8 Å². The first-order chi connectivity index (χ1) is 18.7. The summed E-state index contributed by atoms with van der Waals surface area (Å²) in [5.74, 6) is -0.141. The lowest BCUT2D eigenvalue weighted by molar-refractivity contribution is -0.141. The Labute approximate surface area is 225 Å². The maximum Gasteiger partial charge on any atom is 0.435 e. The first kappa shape index (κ1) is 28.0. The van der Waals surface area contributed by atoms with Gasteiger partial charge in [0.25, 0.3) is 5.91 Å². The molecule has 1 aromatic carbocycles. The second-order valence-electron chi connectivity index (χ2n) is 9.37. The molecule has 0 aliphatic heterocycles. The van der Waals surface area contributed by atoms with Gasteiger partial charge in [-0.1, -0.05) is 30.9 Å². The molecule has 0 saturated heterocycles. The van der Waals surface area contributed by atoms with Gasteiger partial charge in [0.1, 0.15) is 5.69 Å². The van der Waals surface area contributed by atoms with E-state index in [0.29, 0.717) is 28.4 Å². The highest BCUT2D eigenvalue weighted by molar-refractivity contribution is 5.94. The van der Waals surface area contributed by atoms with Crippen LogP contribution in [0.4, 0.5) is 13.2 Å². The summed E-state index contributed by atoms with van der Waals surface area (Å²) in [6.45, 7) is 6.97. The van der Waals surface area contributed by atoms with Crippen LogP contribution in [-0.4, -0.2) is 27.2 Å². The van der Waals surface area contributed by atoms with E-state index >= 15 is 0 Å². The van der Waals surface area contributed by atoms with E-state index in [1.165, 1.54) is 12.8 Å². The number of carbonyl (C=O) groups excluding carboxylic acids is 1. The van der Waals surface area contributed by atoms with Gasteiger partial charge in [0.2, 0.25) is 0 Å². The van der Waals surface area contributed by atoms with Crippen molar-refractivity contribution in [3.8, 4) is 5.69 Å². The number of nitrogens with zero attached hydrogens (tertiary/aromatic N) is 3. The van der Waals surface area contributed by atoms with E-state index in [2.05, 4.69) is 27.3 Å². The Morgan fingerprint density at radius 3 is 2.67 bits per heavy atom. The van der Waals surface area contributed by atoms with Crippen molar-refractivity contribution in [2.75, 3.05) is 6.54 Å². The molecule has 1 fully saturated rings. The number of aromatic nitrogens is 3. The van der Waals surface area contributed by atoms with Crippen molar-refractivity contribution in [2.45, 2.75) is 38.5 Å². The minimum absolute atomic E-state index is 0.186. The number of alkyl halides is 3. The van der Waals surface area contributed by atoms with Crippen LogP contribution in [0.5, 0.6) is 0 Å². The highest BCUT2D eigenvalue weighted by atomic mass is 19.4. The highest BCUT2D eigenvalue weighted by Gasteiger charge is 2.36. The molecule has 2 heterocycles. The Morgan fingerprint density at radius 1 is 1.23 bits per heavy atom. The maximum absolute atomic E-state index is 13.6. The smallest absolute Gasteiger partial charge is 0.326 e. The van der Waals surface area contributed by atoms with E-state index in [4.69, 9.17) is 5.73 Å². The number of nitrogens with two attached hydrogens (primary N) is 1. The number of pyridine rings is 1. The molecule has 0 spiro atoms. The Balaban J connectivity index is 1.64. The molecule has 3 aromatic rings. The Morgan fingerprint density at radius 2 is 2.03 bits per heavy atom. The zero-order valence-electron chi connectivity index (χ0n) is 21.6. The normalized spacial score (nSPS) is 14.9. The molecule has 1 amide bonds. The number of rotatable bonds is 11. The molecule has 1 aliphatic rings. The largest absolute Gasteiger partial charge is 0.435 e. The second-order valence-corrected chi connectivity index (χ2v) is 9.37. The highest BCUT2D eigenvalue weighted by Crippen LogP contribution is 2.31. The average molecular weight is 537 g/mol. The Hall–Kier alpha value is -4.02. The number of allylic oxidation sites excluding steroid dienone is 2. The second kappa shape index (κ2) is 12.2. The maximum atomic E-state index is 13.6. The fourth-order valence-corrected chi connectivity index (χ4v) is 4.06. The summed E-state index contributed by atoms with van der Waals surface area (Å²) in [5, 5.41) is 9.92. The molecule has 1 saturated carbocycles. The molecule has 39 heavy (non-hydrogen) atoms. The summed E-state index contributed by atoms with van der Waals surface area (Å²) < 4.78 is 41.7. The number of hydrogen-bond acceptors (Lipinski definition) is 5. The van der Waals surface area contributed by atoms with Gasteiger partial charge in [-0.15, -0.1) is 0 Å². The number of carbonyl (C=O) groups is 1. The van der Waals surface area contributed by atoms with Crippen LogP contribution in [-0.2, 0) is 12.7 Å². The molecule has 1 atom stereocenters. The molecule has 7 nitrogen and oxygen atoms in total. The molecule has 1 unspecified atom stereocenters. The van der Waals surface area contributed by atoms with Crippen LogP contribution in [0.15, 0.2) is 90.8 Å². The van der Waals surface area contributed by atoms with Crippen molar-refractivity contribution in [1.29, 1.82) is 0 Å².